The highest BCUT2D eigenvalue weighted by atomic mass is 19.1. The van der Waals surface area contributed by atoms with E-state index in [0.717, 1.165) is 18.6 Å². The Morgan fingerprint density at radius 3 is 2.71 bits per heavy atom. The molecule has 1 aromatic rings. The van der Waals surface area contributed by atoms with Crippen molar-refractivity contribution in [1.82, 2.24) is 0 Å². The lowest BCUT2D eigenvalue weighted by Crippen LogP contribution is -2.10. The molecule has 0 N–H and O–H groups in total. The van der Waals surface area contributed by atoms with Gasteiger partial charge >= 0.3 is 0 Å². The number of nitrogens with zero attached hydrogens (tertiary/aromatic N) is 1. The van der Waals surface area contributed by atoms with Gasteiger partial charge in [0.2, 0.25) is 0 Å². The second kappa shape index (κ2) is 3.58. The van der Waals surface area contributed by atoms with E-state index in [0.29, 0.717) is 11.8 Å². The van der Waals surface area contributed by atoms with Crippen LogP contribution in [0, 0.1) is 5.82 Å². The van der Waals surface area contributed by atoms with Crippen LogP contribution in [0.15, 0.2) is 18.2 Å². The van der Waals surface area contributed by atoms with Gasteiger partial charge in [-0.05, 0) is 17.7 Å². The number of ether oxygens (including phenoxy) is 1. The molecule has 0 saturated carbocycles. The van der Waals surface area contributed by atoms with Crippen LogP contribution in [0.3, 0.4) is 0 Å². The lowest BCUT2D eigenvalue weighted by atomic mass is 10.1. The van der Waals surface area contributed by atoms with E-state index < -0.39 is 0 Å². The third kappa shape index (κ3) is 2.04. The van der Waals surface area contributed by atoms with E-state index in [1.807, 2.05) is 26.2 Å². The predicted octanol–water partition coefficient (Wildman–Crippen LogP) is 1.83. The number of rotatable bonds is 3. The summed E-state index contributed by atoms with van der Waals surface area (Å²) >= 11 is 0. The summed E-state index contributed by atoms with van der Waals surface area (Å²) < 4.78 is 18.6. The van der Waals surface area contributed by atoms with E-state index in [4.69, 9.17) is 4.74 Å². The Labute approximate surface area is 83.3 Å². The fourth-order valence-electron chi connectivity index (χ4n) is 1.49. The van der Waals surface area contributed by atoms with Gasteiger partial charge in [-0.3, -0.25) is 0 Å². The number of anilines is 1. The number of hydrogen-bond donors (Lipinski definition) is 0. The molecule has 3 heteroatoms. The van der Waals surface area contributed by atoms with Crippen molar-refractivity contribution in [3.8, 4) is 0 Å². The fraction of sp³-hybridized carbons (Fsp3) is 0.455. The maximum Gasteiger partial charge on any atom is 0.146 e. The summed E-state index contributed by atoms with van der Waals surface area (Å²) in [5.74, 6) is -0.159. The topological polar surface area (TPSA) is 15.8 Å². The molecule has 14 heavy (non-hydrogen) atoms. The zero-order valence-electron chi connectivity index (χ0n) is 8.46. The summed E-state index contributed by atoms with van der Waals surface area (Å²) in [6.45, 7) is 0.817. The van der Waals surface area contributed by atoms with Gasteiger partial charge < -0.3 is 9.64 Å². The summed E-state index contributed by atoms with van der Waals surface area (Å²) in [5.41, 5.74) is 1.64. The zero-order chi connectivity index (χ0) is 10.1. The van der Waals surface area contributed by atoms with E-state index in [1.165, 1.54) is 0 Å². The van der Waals surface area contributed by atoms with Gasteiger partial charge in [0.25, 0.3) is 0 Å². The highest BCUT2D eigenvalue weighted by Crippen LogP contribution is 2.21. The maximum atomic E-state index is 13.5. The Bertz CT molecular complexity index is 334. The van der Waals surface area contributed by atoms with Crippen LogP contribution in [0.1, 0.15) is 5.56 Å². The van der Waals surface area contributed by atoms with Crippen LogP contribution in [-0.2, 0) is 11.2 Å². The Kier molecular flexibility index (Phi) is 2.42. The molecular weight excluding hydrogens is 181 g/mol. The van der Waals surface area contributed by atoms with Gasteiger partial charge in [-0.15, -0.1) is 0 Å². The number of hydrogen-bond acceptors (Lipinski definition) is 2. The van der Waals surface area contributed by atoms with Crippen molar-refractivity contribution in [3.63, 3.8) is 0 Å². The summed E-state index contributed by atoms with van der Waals surface area (Å²) in [4.78, 5) is 1.77. The quantitative estimate of drug-likeness (QED) is 0.684. The standard InChI is InChI=1S/C11H14FNO/c1-13(2)11-4-3-8(6-10(11)12)5-9-7-14-9/h3-4,6,9H,5,7H2,1-2H3. The average molecular weight is 195 g/mol. The van der Waals surface area contributed by atoms with Crippen LogP contribution in [0.25, 0.3) is 0 Å². The molecule has 1 atom stereocenters. The van der Waals surface area contributed by atoms with Gasteiger partial charge in [0, 0.05) is 20.5 Å². The minimum Gasteiger partial charge on any atom is -0.375 e. The molecule has 0 radical (unpaired) electrons. The second-order valence-corrected chi connectivity index (χ2v) is 3.84. The van der Waals surface area contributed by atoms with Crippen molar-refractivity contribution < 1.29 is 9.13 Å². The van der Waals surface area contributed by atoms with Crippen molar-refractivity contribution in [2.24, 2.45) is 0 Å². The molecule has 1 aromatic carbocycles. The van der Waals surface area contributed by atoms with Gasteiger partial charge in [-0.25, -0.2) is 4.39 Å². The van der Waals surface area contributed by atoms with Gasteiger partial charge in [0.15, 0.2) is 0 Å². The first-order valence-electron chi connectivity index (χ1n) is 4.74. The van der Waals surface area contributed by atoms with E-state index in [9.17, 15) is 4.39 Å². The Morgan fingerprint density at radius 2 is 2.21 bits per heavy atom. The molecule has 1 fully saturated rings. The zero-order valence-corrected chi connectivity index (χ0v) is 8.46. The molecule has 1 aliphatic rings. The molecule has 0 aliphatic carbocycles. The third-order valence-electron chi connectivity index (χ3n) is 2.36. The molecule has 0 aromatic heterocycles. The van der Waals surface area contributed by atoms with E-state index in [-0.39, 0.29) is 5.82 Å². The van der Waals surface area contributed by atoms with Crippen LogP contribution < -0.4 is 4.90 Å². The monoisotopic (exact) mass is 195 g/mol. The smallest absolute Gasteiger partial charge is 0.146 e. The molecular formula is C11H14FNO. The molecule has 1 aliphatic heterocycles. The first kappa shape index (κ1) is 9.46. The summed E-state index contributed by atoms with van der Waals surface area (Å²) in [5, 5.41) is 0. The van der Waals surface area contributed by atoms with E-state index in [2.05, 4.69) is 0 Å². The van der Waals surface area contributed by atoms with E-state index >= 15 is 0 Å². The first-order valence-corrected chi connectivity index (χ1v) is 4.74. The Balaban J connectivity index is 2.16. The number of halogens is 1. The molecule has 1 saturated heterocycles. The molecule has 0 spiro atoms. The fourth-order valence-corrected chi connectivity index (χ4v) is 1.49. The van der Waals surface area contributed by atoms with Crippen molar-refractivity contribution in [1.29, 1.82) is 0 Å². The summed E-state index contributed by atoms with van der Waals surface area (Å²) in [7, 11) is 3.67. The normalized spacial score (nSPS) is 19.5. The van der Waals surface area contributed by atoms with Gasteiger partial charge in [-0.1, -0.05) is 6.07 Å². The molecule has 2 rings (SSSR count). The second-order valence-electron chi connectivity index (χ2n) is 3.84. The Hall–Kier alpha value is -1.09. The average Bonchev–Trinajstić information content (AvgIpc) is 2.87. The lowest BCUT2D eigenvalue weighted by Gasteiger charge is -2.13. The van der Waals surface area contributed by atoms with Crippen LogP contribution in [-0.4, -0.2) is 26.8 Å². The molecule has 1 unspecified atom stereocenters. The van der Waals surface area contributed by atoms with Gasteiger partial charge in [-0.2, -0.15) is 0 Å². The molecule has 0 bridgehead atoms. The van der Waals surface area contributed by atoms with Crippen molar-refractivity contribution in [2.45, 2.75) is 12.5 Å². The van der Waals surface area contributed by atoms with Gasteiger partial charge in [0.05, 0.1) is 18.4 Å². The van der Waals surface area contributed by atoms with Crippen LogP contribution >= 0.6 is 0 Å². The maximum absolute atomic E-state index is 13.5. The van der Waals surface area contributed by atoms with Crippen LogP contribution in [0.5, 0.6) is 0 Å². The molecule has 0 amide bonds. The minimum atomic E-state index is -0.159. The van der Waals surface area contributed by atoms with Crippen molar-refractivity contribution >= 4 is 5.69 Å². The Morgan fingerprint density at radius 1 is 1.50 bits per heavy atom. The molecule has 1 heterocycles. The van der Waals surface area contributed by atoms with Crippen molar-refractivity contribution in [3.05, 3.63) is 29.6 Å². The number of benzene rings is 1. The van der Waals surface area contributed by atoms with E-state index in [1.54, 1.807) is 11.0 Å². The lowest BCUT2D eigenvalue weighted by molar-refractivity contribution is 0.407. The SMILES string of the molecule is CN(C)c1ccc(CC2CO2)cc1F. The number of epoxide rings is 1. The predicted molar refractivity (Wildman–Crippen MR) is 54.2 cm³/mol. The van der Waals surface area contributed by atoms with Gasteiger partial charge in [0.1, 0.15) is 5.82 Å². The highest BCUT2D eigenvalue weighted by molar-refractivity contribution is 5.47. The summed E-state index contributed by atoms with van der Waals surface area (Å²) in [6.07, 6.45) is 1.14. The van der Waals surface area contributed by atoms with Crippen molar-refractivity contribution in [2.75, 3.05) is 25.6 Å². The molecule has 76 valence electrons. The first-order chi connectivity index (χ1) is 6.66. The third-order valence-corrected chi connectivity index (χ3v) is 2.36. The van der Waals surface area contributed by atoms with Crippen LogP contribution in [0.4, 0.5) is 10.1 Å². The molecule has 2 nitrogen and oxygen atoms in total. The summed E-state index contributed by atoms with van der Waals surface area (Å²) in [6, 6.07) is 5.37. The minimum absolute atomic E-state index is 0.159. The highest BCUT2D eigenvalue weighted by Gasteiger charge is 2.22. The van der Waals surface area contributed by atoms with Crippen LogP contribution in [0.2, 0.25) is 0 Å². The largest absolute Gasteiger partial charge is 0.375 e.